The molecule has 0 spiro atoms. The lowest BCUT2D eigenvalue weighted by Crippen LogP contribution is -2.35. The third-order valence-corrected chi connectivity index (χ3v) is 2.66. The molecule has 0 aliphatic heterocycles. The van der Waals surface area contributed by atoms with Crippen molar-refractivity contribution in [1.29, 1.82) is 0 Å². The monoisotopic (exact) mass is 214 g/mol. The molecule has 82 valence electrons. The first-order valence-corrected chi connectivity index (χ1v) is 5.49. The zero-order valence-corrected chi connectivity index (χ0v) is 9.59. The van der Waals surface area contributed by atoms with Gasteiger partial charge in [0.25, 0.3) is 0 Å². The summed E-state index contributed by atoms with van der Waals surface area (Å²) in [5, 5.41) is 9.67. The number of aromatic nitrogens is 1. The quantitative estimate of drug-likeness (QED) is 0.603. The van der Waals surface area contributed by atoms with E-state index >= 15 is 0 Å². The van der Waals surface area contributed by atoms with Gasteiger partial charge in [-0.05, 0) is 11.1 Å². The van der Waals surface area contributed by atoms with E-state index in [1.807, 2.05) is 30.3 Å². The lowest BCUT2D eigenvalue weighted by atomic mass is 10.0. The number of benzene rings is 1. The van der Waals surface area contributed by atoms with Crippen LogP contribution in [0.1, 0.15) is 25.5 Å². The lowest BCUT2D eigenvalue weighted by Gasteiger charge is -2.04. The van der Waals surface area contributed by atoms with Crippen molar-refractivity contribution in [2.75, 3.05) is 0 Å². The second kappa shape index (κ2) is 4.35. The van der Waals surface area contributed by atoms with Crippen molar-refractivity contribution in [2.45, 2.75) is 19.8 Å². The van der Waals surface area contributed by atoms with Gasteiger partial charge < -0.3 is 0 Å². The third-order valence-electron chi connectivity index (χ3n) is 2.66. The fourth-order valence-electron chi connectivity index (χ4n) is 1.75. The predicted octanol–water partition coefficient (Wildman–Crippen LogP) is 3.00. The van der Waals surface area contributed by atoms with Crippen LogP contribution >= 0.6 is 0 Å². The Morgan fingerprint density at radius 1 is 1.00 bits per heavy atom. The smallest absolute Gasteiger partial charge is 0.237 e. The average Bonchev–Trinajstić information content (AvgIpc) is 2.30. The van der Waals surface area contributed by atoms with Crippen molar-refractivity contribution < 1.29 is 9.94 Å². The van der Waals surface area contributed by atoms with Crippen LogP contribution < -0.4 is 4.73 Å². The Hall–Kier alpha value is -1.83. The Balaban J connectivity index is 2.48. The van der Waals surface area contributed by atoms with E-state index in [0.717, 1.165) is 11.3 Å². The van der Waals surface area contributed by atoms with Gasteiger partial charge in [0.15, 0.2) is 0 Å². The van der Waals surface area contributed by atoms with E-state index in [1.54, 1.807) is 6.20 Å². The molecule has 2 aromatic rings. The number of nitrogens with zero attached hydrogens (tertiary/aromatic N) is 1. The van der Waals surface area contributed by atoms with Gasteiger partial charge in [-0.1, -0.05) is 44.2 Å². The number of pyridine rings is 1. The highest BCUT2D eigenvalue weighted by atomic mass is 16.5. The number of hydrogen-bond acceptors (Lipinski definition) is 1. The maximum Gasteiger partial charge on any atom is 0.237 e. The first-order chi connectivity index (χ1) is 7.68. The van der Waals surface area contributed by atoms with E-state index in [2.05, 4.69) is 26.0 Å². The van der Waals surface area contributed by atoms with Gasteiger partial charge in [-0.25, -0.2) is 0 Å². The van der Waals surface area contributed by atoms with Crippen molar-refractivity contribution in [3.05, 3.63) is 54.4 Å². The molecule has 0 aliphatic carbocycles. The van der Waals surface area contributed by atoms with Gasteiger partial charge in [0.2, 0.25) is 11.9 Å². The van der Waals surface area contributed by atoms with Crippen molar-refractivity contribution in [3.63, 3.8) is 0 Å². The molecule has 1 aromatic carbocycles. The van der Waals surface area contributed by atoms with Gasteiger partial charge in [0.1, 0.15) is 0 Å². The van der Waals surface area contributed by atoms with E-state index in [4.69, 9.17) is 0 Å². The van der Waals surface area contributed by atoms with E-state index in [-0.39, 0.29) is 0 Å². The largest absolute Gasteiger partial charge is 0.285 e. The van der Waals surface area contributed by atoms with Crippen LogP contribution in [-0.2, 0) is 0 Å². The summed E-state index contributed by atoms with van der Waals surface area (Å²) in [4.78, 5) is 0. The summed E-state index contributed by atoms with van der Waals surface area (Å²) in [6, 6.07) is 14.1. The molecular formula is C14H16NO+. The molecule has 0 fully saturated rings. The Kier molecular flexibility index (Phi) is 2.91. The van der Waals surface area contributed by atoms with E-state index < -0.39 is 0 Å². The molecule has 1 heterocycles. The molecule has 0 saturated carbocycles. The predicted molar refractivity (Wildman–Crippen MR) is 63.3 cm³/mol. The van der Waals surface area contributed by atoms with E-state index in [0.29, 0.717) is 5.92 Å². The molecule has 0 saturated heterocycles. The van der Waals surface area contributed by atoms with E-state index in [1.165, 1.54) is 10.3 Å². The summed E-state index contributed by atoms with van der Waals surface area (Å²) in [6.07, 6.45) is 1.69. The van der Waals surface area contributed by atoms with Gasteiger partial charge in [0, 0.05) is 22.8 Å². The fourth-order valence-corrected chi connectivity index (χ4v) is 1.75. The van der Waals surface area contributed by atoms with E-state index in [9.17, 15) is 5.21 Å². The van der Waals surface area contributed by atoms with Gasteiger partial charge in [-0.2, -0.15) is 0 Å². The van der Waals surface area contributed by atoms with Crippen LogP contribution in [0.4, 0.5) is 0 Å². The zero-order valence-electron chi connectivity index (χ0n) is 9.59. The van der Waals surface area contributed by atoms with Crippen LogP contribution in [0.3, 0.4) is 0 Å². The summed E-state index contributed by atoms with van der Waals surface area (Å²) in [7, 11) is 0. The van der Waals surface area contributed by atoms with Gasteiger partial charge >= 0.3 is 0 Å². The van der Waals surface area contributed by atoms with Crippen LogP contribution in [0.25, 0.3) is 11.1 Å². The Morgan fingerprint density at radius 2 is 1.69 bits per heavy atom. The molecule has 0 bridgehead atoms. The minimum Gasteiger partial charge on any atom is -0.285 e. The lowest BCUT2D eigenvalue weighted by molar-refractivity contribution is -0.910. The fraction of sp³-hybridized carbons (Fsp3) is 0.214. The van der Waals surface area contributed by atoms with Crippen molar-refractivity contribution in [3.8, 4) is 11.1 Å². The molecule has 1 aromatic heterocycles. The summed E-state index contributed by atoms with van der Waals surface area (Å²) >= 11 is 0. The standard InChI is InChI=1S/C14H16NO/c1-11(2)14-10-13(8-9-15(14)16)12-6-4-3-5-7-12/h3-11,16H,1-2H3/q+1. The SMILES string of the molecule is CC(C)c1cc(-c2ccccc2)cc[n+]1O. The minimum atomic E-state index is 0.300. The van der Waals surface area contributed by atoms with Crippen molar-refractivity contribution in [1.82, 2.24) is 0 Å². The maximum atomic E-state index is 9.67. The summed E-state index contributed by atoms with van der Waals surface area (Å²) in [5.41, 5.74) is 3.22. The highest BCUT2D eigenvalue weighted by molar-refractivity contribution is 5.62. The van der Waals surface area contributed by atoms with Gasteiger partial charge in [-0.3, -0.25) is 5.21 Å². The van der Waals surface area contributed by atoms with Crippen LogP contribution in [0.2, 0.25) is 0 Å². The van der Waals surface area contributed by atoms with Crippen molar-refractivity contribution >= 4 is 0 Å². The highest BCUT2D eigenvalue weighted by Gasteiger charge is 2.15. The molecule has 0 radical (unpaired) electrons. The van der Waals surface area contributed by atoms with Crippen LogP contribution in [-0.4, -0.2) is 5.21 Å². The zero-order chi connectivity index (χ0) is 11.5. The minimum absolute atomic E-state index is 0.300. The molecule has 0 atom stereocenters. The first kappa shape index (κ1) is 10.7. The second-order valence-electron chi connectivity index (χ2n) is 4.21. The normalized spacial score (nSPS) is 10.7. The molecule has 1 N–H and O–H groups in total. The molecule has 2 nitrogen and oxygen atoms in total. The Labute approximate surface area is 95.8 Å². The molecule has 0 amide bonds. The highest BCUT2D eigenvalue weighted by Crippen LogP contribution is 2.20. The van der Waals surface area contributed by atoms with Gasteiger partial charge in [-0.15, -0.1) is 0 Å². The van der Waals surface area contributed by atoms with Crippen LogP contribution in [0.15, 0.2) is 48.7 Å². The topological polar surface area (TPSA) is 24.1 Å². The summed E-state index contributed by atoms with van der Waals surface area (Å²) < 4.78 is 1.19. The molecule has 0 aliphatic rings. The summed E-state index contributed by atoms with van der Waals surface area (Å²) in [5.74, 6) is 0.300. The Bertz CT molecular complexity index is 477. The maximum absolute atomic E-state index is 9.67. The molecular weight excluding hydrogens is 198 g/mol. The third kappa shape index (κ3) is 2.06. The number of rotatable bonds is 2. The van der Waals surface area contributed by atoms with Crippen LogP contribution in [0, 0.1) is 0 Å². The van der Waals surface area contributed by atoms with Crippen molar-refractivity contribution in [2.24, 2.45) is 0 Å². The molecule has 2 rings (SSSR count). The second-order valence-corrected chi connectivity index (χ2v) is 4.21. The average molecular weight is 214 g/mol. The molecule has 16 heavy (non-hydrogen) atoms. The number of hydrogen-bond donors (Lipinski definition) is 1. The summed E-state index contributed by atoms with van der Waals surface area (Å²) in [6.45, 7) is 4.13. The first-order valence-electron chi connectivity index (χ1n) is 5.49. The molecule has 0 unspecified atom stereocenters. The van der Waals surface area contributed by atoms with Gasteiger partial charge in [0.05, 0.1) is 0 Å². The Morgan fingerprint density at radius 3 is 2.31 bits per heavy atom. The van der Waals surface area contributed by atoms with Crippen LogP contribution in [0.5, 0.6) is 0 Å². The molecule has 2 heteroatoms.